The number of imidazole rings is 1. The maximum atomic E-state index is 4.42. The molecular formula is C14H19BrN4S. The van der Waals surface area contributed by atoms with E-state index in [1.54, 1.807) is 12.7 Å². The number of fused-ring (bicyclic) bond motifs is 1. The van der Waals surface area contributed by atoms with Gasteiger partial charge < -0.3 is 4.98 Å². The molecule has 2 aromatic rings. The van der Waals surface area contributed by atoms with Crippen LogP contribution in [-0.2, 0) is 0 Å². The van der Waals surface area contributed by atoms with Crippen LogP contribution >= 0.6 is 27.7 Å². The predicted octanol–water partition coefficient (Wildman–Crippen LogP) is 4.18. The number of hydrogen-bond acceptors (Lipinski definition) is 4. The molecular weight excluding hydrogens is 336 g/mol. The first-order chi connectivity index (χ1) is 9.83. The minimum absolute atomic E-state index is 0.415. The molecule has 2 aromatic heterocycles. The summed E-state index contributed by atoms with van der Waals surface area (Å²) in [5.74, 6) is 1.11. The monoisotopic (exact) mass is 354 g/mol. The van der Waals surface area contributed by atoms with Crippen LogP contribution in [0.4, 0.5) is 0 Å². The van der Waals surface area contributed by atoms with Crippen LogP contribution in [0.15, 0.2) is 17.7 Å². The van der Waals surface area contributed by atoms with Crippen molar-refractivity contribution in [3.63, 3.8) is 0 Å². The van der Waals surface area contributed by atoms with Crippen molar-refractivity contribution in [2.75, 3.05) is 11.1 Å². The fraction of sp³-hybridized carbons (Fsp3) is 0.643. The first-order valence-electron chi connectivity index (χ1n) is 7.16. The molecule has 20 heavy (non-hydrogen) atoms. The second kappa shape index (κ2) is 6.43. The maximum Gasteiger partial charge on any atom is 0.181 e. The van der Waals surface area contributed by atoms with Gasteiger partial charge in [0.05, 0.1) is 6.33 Å². The number of aromatic amines is 1. The standard InChI is InChI=1S/C14H19BrN4S/c15-7-14(5-3-1-2-4-6-14)8-20-13-11-12(17-9-16-11)18-10-19-13/h9-10H,1-8H2,(H,16,17,18,19). The average molecular weight is 355 g/mol. The molecule has 2 heterocycles. The zero-order chi connectivity index (χ0) is 13.8. The second-order valence-corrected chi connectivity index (χ2v) is 7.14. The van der Waals surface area contributed by atoms with Crippen LogP contribution in [0.2, 0.25) is 0 Å². The summed E-state index contributed by atoms with van der Waals surface area (Å²) in [6.07, 6.45) is 11.4. The van der Waals surface area contributed by atoms with Gasteiger partial charge in [0.15, 0.2) is 5.65 Å². The summed E-state index contributed by atoms with van der Waals surface area (Å²) in [7, 11) is 0. The van der Waals surface area contributed by atoms with Gasteiger partial charge >= 0.3 is 0 Å². The highest BCUT2D eigenvalue weighted by Crippen LogP contribution is 2.41. The van der Waals surface area contributed by atoms with Gasteiger partial charge in [0, 0.05) is 11.1 Å². The number of aromatic nitrogens is 4. The van der Waals surface area contributed by atoms with Crippen molar-refractivity contribution in [1.29, 1.82) is 0 Å². The molecule has 3 rings (SSSR count). The van der Waals surface area contributed by atoms with Crippen LogP contribution in [0.25, 0.3) is 11.2 Å². The van der Waals surface area contributed by atoms with Gasteiger partial charge in [-0.1, -0.05) is 41.6 Å². The third-order valence-corrected chi connectivity index (χ3v) is 6.68. The molecule has 0 radical (unpaired) electrons. The van der Waals surface area contributed by atoms with E-state index in [1.165, 1.54) is 38.5 Å². The van der Waals surface area contributed by atoms with Crippen molar-refractivity contribution in [3.8, 4) is 0 Å². The van der Waals surface area contributed by atoms with Crippen molar-refractivity contribution < 1.29 is 0 Å². The Hall–Kier alpha value is -0.620. The Balaban J connectivity index is 1.75. The van der Waals surface area contributed by atoms with Crippen LogP contribution in [0, 0.1) is 5.41 Å². The minimum atomic E-state index is 0.415. The van der Waals surface area contributed by atoms with Gasteiger partial charge in [-0.25, -0.2) is 15.0 Å². The van der Waals surface area contributed by atoms with E-state index in [0.717, 1.165) is 27.3 Å². The van der Waals surface area contributed by atoms with E-state index in [1.807, 2.05) is 11.8 Å². The average Bonchev–Trinajstić information content (AvgIpc) is 2.84. The Labute approximate surface area is 131 Å². The first kappa shape index (κ1) is 14.3. The van der Waals surface area contributed by atoms with Gasteiger partial charge in [-0.3, -0.25) is 0 Å². The molecule has 0 atom stereocenters. The van der Waals surface area contributed by atoms with Crippen molar-refractivity contribution in [2.45, 2.75) is 43.6 Å². The van der Waals surface area contributed by atoms with E-state index in [4.69, 9.17) is 0 Å². The van der Waals surface area contributed by atoms with Crippen molar-refractivity contribution in [1.82, 2.24) is 19.9 Å². The number of nitrogens with one attached hydrogen (secondary N) is 1. The van der Waals surface area contributed by atoms with Crippen LogP contribution < -0.4 is 0 Å². The summed E-state index contributed by atoms with van der Waals surface area (Å²) in [5, 5.41) is 2.11. The van der Waals surface area contributed by atoms with E-state index in [-0.39, 0.29) is 0 Å². The molecule has 0 spiro atoms. The fourth-order valence-corrected chi connectivity index (χ4v) is 5.14. The van der Waals surface area contributed by atoms with Gasteiger partial charge in [0.2, 0.25) is 0 Å². The lowest BCUT2D eigenvalue weighted by Gasteiger charge is -2.30. The lowest BCUT2D eigenvalue weighted by molar-refractivity contribution is 0.334. The van der Waals surface area contributed by atoms with E-state index in [0.29, 0.717) is 5.41 Å². The fourth-order valence-electron chi connectivity index (χ4n) is 2.87. The number of halogens is 1. The Morgan fingerprint density at radius 1 is 1.15 bits per heavy atom. The molecule has 1 fully saturated rings. The van der Waals surface area contributed by atoms with Crippen LogP contribution in [-0.4, -0.2) is 31.0 Å². The Morgan fingerprint density at radius 3 is 2.70 bits per heavy atom. The Bertz CT molecular complexity index is 563. The molecule has 0 unspecified atom stereocenters. The second-order valence-electron chi connectivity index (χ2n) is 5.62. The van der Waals surface area contributed by atoms with Gasteiger partial charge in [0.25, 0.3) is 0 Å². The zero-order valence-corrected chi connectivity index (χ0v) is 13.8. The Kier molecular flexibility index (Phi) is 4.61. The summed E-state index contributed by atoms with van der Waals surface area (Å²) in [6.45, 7) is 0. The van der Waals surface area contributed by atoms with Gasteiger partial charge in [-0.2, -0.15) is 0 Å². The van der Waals surface area contributed by atoms with Crippen molar-refractivity contribution in [2.24, 2.45) is 5.41 Å². The third kappa shape index (κ3) is 3.01. The number of hydrogen-bond donors (Lipinski definition) is 1. The Morgan fingerprint density at radius 2 is 1.95 bits per heavy atom. The topological polar surface area (TPSA) is 54.5 Å². The van der Waals surface area contributed by atoms with E-state index in [2.05, 4.69) is 35.9 Å². The van der Waals surface area contributed by atoms with Crippen LogP contribution in [0.5, 0.6) is 0 Å². The van der Waals surface area contributed by atoms with Gasteiger partial charge in [-0.15, -0.1) is 11.8 Å². The minimum Gasteiger partial charge on any atom is -0.341 e. The highest BCUT2D eigenvalue weighted by atomic mass is 79.9. The summed E-state index contributed by atoms with van der Waals surface area (Å²) in [5.41, 5.74) is 2.14. The summed E-state index contributed by atoms with van der Waals surface area (Å²) in [6, 6.07) is 0. The molecule has 108 valence electrons. The molecule has 0 aliphatic heterocycles. The summed E-state index contributed by atoms with van der Waals surface area (Å²) in [4.78, 5) is 15.9. The molecule has 1 aliphatic rings. The first-order valence-corrected chi connectivity index (χ1v) is 9.27. The van der Waals surface area contributed by atoms with Gasteiger partial charge in [-0.05, 0) is 18.3 Å². The summed E-state index contributed by atoms with van der Waals surface area (Å²) < 4.78 is 0. The number of H-pyrrole nitrogens is 1. The van der Waals surface area contributed by atoms with Crippen molar-refractivity contribution in [3.05, 3.63) is 12.7 Å². The molecule has 1 aliphatic carbocycles. The molecule has 0 amide bonds. The molecule has 1 saturated carbocycles. The highest BCUT2D eigenvalue weighted by Gasteiger charge is 2.30. The van der Waals surface area contributed by atoms with E-state index in [9.17, 15) is 0 Å². The zero-order valence-electron chi connectivity index (χ0n) is 11.4. The molecule has 0 aromatic carbocycles. The normalized spacial score (nSPS) is 19.1. The maximum absolute atomic E-state index is 4.42. The molecule has 6 heteroatoms. The van der Waals surface area contributed by atoms with Crippen LogP contribution in [0.1, 0.15) is 38.5 Å². The van der Waals surface area contributed by atoms with E-state index < -0.39 is 0 Å². The molecule has 1 N–H and O–H groups in total. The number of thioether (sulfide) groups is 1. The third-order valence-electron chi connectivity index (χ3n) is 4.15. The SMILES string of the molecule is BrCC1(CSc2ncnc3nc[nH]c23)CCCCCC1. The largest absolute Gasteiger partial charge is 0.341 e. The number of nitrogens with zero attached hydrogens (tertiary/aromatic N) is 3. The highest BCUT2D eigenvalue weighted by molar-refractivity contribution is 9.09. The predicted molar refractivity (Wildman–Crippen MR) is 86.3 cm³/mol. The van der Waals surface area contributed by atoms with E-state index >= 15 is 0 Å². The quantitative estimate of drug-likeness (QED) is 0.387. The van der Waals surface area contributed by atoms with Crippen molar-refractivity contribution >= 4 is 38.9 Å². The molecule has 0 saturated heterocycles. The lowest BCUT2D eigenvalue weighted by Crippen LogP contribution is -2.25. The van der Waals surface area contributed by atoms with Gasteiger partial charge in [0.1, 0.15) is 16.9 Å². The smallest absolute Gasteiger partial charge is 0.181 e. The van der Waals surface area contributed by atoms with Crippen LogP contribution in [0.3, 0.4) is 0 Å². The lowest BCUT2D eigenvalue weighted by atomic mass is 9.85. The summed E-state index contributed by atoms with van der Waals surface area (Å²) >= 11 is 5.59. The number of alkyl halides is 1. The molecule has 0 bridgehead atoms. The molecule has 4 nitrogen and oxygen atoms in total. The number of rotatable bonds is 4.